The van der Waals surface area contributed by atoms with Crippen LogP contribution in [0.2, 0.25) is 0 Å². The highest BCUT2D eigenvalue weighted by molar-refractivity contribution is 5.83. The van der Waals surface area contributed by atoms with Crippen LogP contribution in [0.4, 0.5) is 20.5 Å². The Morgan fingerprint density at radius 2 is 1.93 bits per heavy atom. The summed E-state index contributed by atoms with van der Waals surface area (Å²) in [6.45, 7) is 7.90. The number of likely N-dealkylation sites (N-methyl/N-ethyl adjacent to an activating group) is 1. The fourth-order valence-electron chi connectivity index (χ4n) is 5.91. The van der Waals surface area contributed by atoms with Gasteiger partial charge >= 0.3 is 0 Å². The number of hydrogen-bond acceptors (Lipinski definition) is 7. The zero-order valence-electron chi connectivity index (χ0n) is 23.1. The van der Waals surface area contributed by atoms with Crippen molar-refractivity contribution in [2.75, 3.05) is 25.5 Å². The summed E-state index contributed by atoms with van der Waals surface area (Å²) >= 11 is 0. The second kappa shape index (κ2) is 10.2. The van der Waals surface area contributed by atoms with E-state index in [0.29, 0.717) is 42.2 Å². The first-order chi connectivity index (χ1) is 19.2. The summed E-state index contributed by atoms with van der Waals surface area (Å²) < 4.78 is 31.8. The molecule has 6 rings (SSSR count). The molecule has 1 fully saturated rings. The Hall–Kier alpha value is -3.99. The van der Waals surface area contributed by atoms with Gasteiger partial charge in [0.1, 0.15) is 22.9 Å². The van der Waals surface area contributed by atoms with Crippen molar-refractivity contribution in [1.29, 1.82) is 0 Å². The van der Waals surface area contributed by atoms with Gasteiger partial charge in [-0.25, -0.2) is 28.7 Å². The summed E-state index contributed by atoms with van der Waals surface area (Å²) in [6.07, 6.45) is 3.67. The number of pyridine rings is 1. The molecule has 2 aliphatic rings. The molecule has 0 spiro atoms. The van der Waals surface area contributed by atoms with E-state index in [1.807, 2.05) is 43.4 Å². The molecule has 0 radical (unpaired) electrons. The van der Waals surface area contributed by atoms with Crippen LogP contribution in [0.1, 0.15) is 49.8 Å². The third kappa shape index (κ3) is 4.68. The lowest BCUT2D eigenvalue weighted by Crippen LogP contribution is -2.46. The molecule has 3 aromatic heterocycles. The summed E-state index contributed by atoms with van der Waals surface area (Å²) in [7, 11) is 2.01. The fraction of sp³-hybridized carbons (Fsp3) is 0.414. The number of halogens is 2. The predicted molar refractivity (Wildman–Crippen MR) is 148 cm³/mol. The lowest BCUT2D eigenvalue weighted by Gasteiger charge is -2.32. The van der Waals surface area contributed by atoms with E-state index in [-0.39, 0.29) is 35.1 Å². The van der Waals surface area contributed by atoms with Gasteiger partial charge in [0.2, 0.25) is 11.9 Å². The van der Waals surface area contributed by atoms with Gasteiger partial charge in [0, 0.05) is 36.8 Å². The van der Waals surface area contributed by atoms with Gasteiger partial charge < -0.3 is 14.8 Å². The number of aryl methyl sites for hydroxylation is 1. The third-order valence-electron chi connectivity index (χ3n) is 7.86. The van der Waals surface area contributed by atoms with Crippen LogP contribution >= 0.6 is 0 Å². The molecule has 11 heteroatoms. The van der Waals surface area contributed by atoms with Crippen molar-refractivity contribution in [3.63, 3.8) is 0 Å². The predicted octanol–water partition coefficient (Wildman–Crippen LogP) is 4.78. The molecular weight excluding hydrogens is 514 g/mol. The minimum Gasteiger partial charge on any atom is -0.337 e. The molecule has 1 unspecified atom stereocenters. The number of imidazole rings is 1. The first kappa shape index (κ1) is 26.2. The minimum atomic E-state index is -0.660. The van der Waals surface area contributed by atoms with Crippen LogP contribution in [-0.2, 0) is 17.8 Å². The monoisotopic (exact) mass is 546 g/mol. The van der Waals surface area contributed by atoms with E-state index in [2.05, 4.69) is 25.2 Å². The van der Waals surface area contributed by atoms with Crippen LogP contribution < -0.4 is 5.32 Å². The van der Waals surface area contributed by atoms with Crippen LogP contribution in [-0.4, -0.2) is 66.4 Å². The average molecular weight is 547 g/mol. The summed E-state index contributed by atoms with van der Waals surface area (Å²) in [5, 5.41) is 3.06. The Balaban J connectivity index is 1.24. The second-order valence-corrected chi connectivity index (χ2v) is 10.9. The highest BCUT2D eigenvalue weighted by Crippen LogP contribution is 2.31. The van der Waals surface area contributed by atoms with E-state index < -0.39 is 11.6 Å². The van der Waals surface area contributed by atoms with E-state index in [1.54, 1.807) is 12.1 Å². The number of likely N-dealkylation sites (tertiary alicyclic amines) is 1. The molecule has 1 amide bonds. The number of nitrogens with one attached hydrogen (secondary N) is 1. The Morgan fingerprint density at radius 3 is 2.67 bits per heavy atom. The van der Waals surface area contributed by atoms with Crippen LogP contribution in [0.25, 0.3) is 22.3 Å². The number of hydrogen-bond donors (Lipinski definition) is 1. The number of fused-ring (bicyclic) bond motifs is 2. The summed E-state index contributed by atoms with van der Waals surface area (Å²) in [6, 6.07) is 6.73. The first-order valence-electron chi connectivity index (χ1n) is 13.7. The average Bonchev–Trinajstić information content (AvgIpc) is 3.51. The van der Waals surface area contributed by atoms with E-state index >= 15 is 4.39 Å². The number of benzene rings is 1. The van der Waals surface area contributed by atoms with Crippen molar-refractivity contribution in [3.05, 3.63) is 59.2 Å². The molecule has 0 bridgehead atoms. The number of anilines is 2. The van der Waals surface area contributed by atoms with Crippen molar-refractivity contribution in [2.24, 2.45) is 0 Å². The van der Waals surface area contributed by atoms with Gasteiger partial charge in [0.25, 0.3) is 0 Å². The van der Waals surface area contributed by atoms with Gasteiger partial charge in [0.15, 0.2) is 11.6 Å². The molecule has 2 aliphatic heterocycles. The first-order valence-corrected chi connectivity index (χ1v) is 13.7. The summed E-state index contributed by atoms with van der Waals surface area (Å²) in [5.74, 6) is 0.333. The van der Waals surface area contributed by atoms with Gasteiger partial charge in [-0.1, -0.05) is 6.07 Å². The Kier molecular flexibility index (Phi) is 6.69. The van der Waals surface area contributed by atoms with E-state index in [9.17, 15) is 9.18 Å². The molecule has 9 nitrogen and oxygen atoms in total. The quantitative estimate of drug-likeness (QED) is 0.385. The lowest BCUT2D eigenvalue weighted by molar-refractivity contribution is -0.136. The smallest absolute Gasteiger partial charge is 0.240 e. The van der Waals surface area contributed by atoms with Gasteiger partial charge in [-0.15, -0.1) is 0 Å². The van der Waals surface area contributed by atoms with Crippen molar-refractivity contribution in [3.8, 4) is 11.3 Å². The molecule has 1 saturated heterocycles. The number of carbonyl (C=O) groups excluding carboxylic acids is 1. The Morgan fingerprint density at radius 1 is 1.10 bits per heavy atom. The number of amides is 1. The maximum Gasteiger partial charge on any atom is 0.240 e. The zero-order valence-corrected chi connectivity index (χ0v) is 23.1. The summed E-state index contributed by atoms with van der Waals surface area (Å²) in [4.78, 5) is 34.6. The van der Waals surface area contributed by atoms with Gasteiger partial charge in [0.05, 0.1) is 17.8 Å². The zero-order chi connectivity index (χ0) is 28.1. The normalized spacial score (nSPS) is 17.6. The van der Waals surface area contributed by atoms with Gasteiger partial charge in [-0.2, -0.15) is 0 Å². The number of aromatic nitrogens is 5. The van der Waals surface area contributed by atoms with Gasteiger partial charge in [-0.05, 0) is 71.0 Å². The molecule has 40 heavy (non-hydrogen) atoms. The molecular formula is C29H32F2N8O. The SMILES string of the molecule is Cc1nc2c(F)cc(-c3nc(Nc4ccc5c(n4)CCN(C(=O)C4CCCN4C)C5)ncc3F)cc2n1C(C)C. The Labute approximate surface area is 231 Å². The standard InChI is InChI=1S/C29H32F2N8O/c1-16(2)39-17(3)33-27-20(30)12-19(13-24(27)39)26-21(31)14-32-29(36-26)35-25-8-7-18-15-38(11-9-22(18)34-25)28(40)23-6-5-10-37(23)4/h7-8,12-14,16,23H,5-6,9-11,15H2,1-4H3,(H,32,34,35,36). The van der Waals surface area contributed by atoms with E-state index in [4.69, 9.17) is 4.98 Å². The van der Waals surface area contributed by atoms with Crippen LogP contribution in [0.3, 0.4) is 0 Å². The second-order valence-electron chi connectivity index (χ2n) is 10.9. The van der Waals surface area contributed by atoms with Crippen molar-refractivity contribution < 1.29 is 13.6 Å². The third-order valence-corrected chi connectivity index (χ3v) is 7.86. The molecule has 208 valence electrons. The van der Waals surface area contributed by atoms with Crippen molar-refractivity contribution in [1.82, 2.24) is 34.3 Å². The number of rotatable bonds is 5. The molecule has 5 heterocycles. The summed E-state index contributed by atoms with van der Waals surface area (Å²) in [5.41, 5.74) is 3.02. The van der Waals surface area contributed by atoms with Gasteiger partial charge in [-0.3, -0.25) is 9.69 Å². The highest BCUT2D eigenvalue weighted by atomic mass is 19.1. The maximum absolute atomic E-state index is 15.0. The van der Waals surface area contributed by atoms with Crippen LogP contribution in [0, 0.1) is 18.6 Å². The molecule has 1 aromatic carbocycles. The Bertz CT molecular complexity index is 1620. The largest absolute Gasteiger partial charge is 0.337 e. The highest BCUT2D eigenvalue weighted by Gasteiger charge is 2.33. The van der Waals surface area contributed by atoms with E-state index in [0.717, 1.165) is 36.8 Å². The molecule has 4 aromatic rings. The fourth-order valence-corrected chi connectivity index (χ4v) is 5.91. The number of nitrogens with zero attached hydrogens (tertiary/aromatic N) is 7. The molecule has 1 N–H and O–H groups in total. The maximum atomic E-state index is 15.0. The molecule has 0 aliphatic carbocycles. The topological polar surface area (TPSA) is 92.1 Å². The van der Waals surface area contributed by atoms with Crippen LogP contribution in [0.5, 0.6) is 0 Å². The minimum absolute atomic E-state index is 0.0172. The van der Waals surface area contributed by atoms with Crippen LogP contribution in [0.15, 0.2) is 30.5 Å². The van der Waals surface area contributed by atoms with E-state index in [1.165, 1.54) is 6.07 Å². The molecule has 1 atom stereocenters. The lowest BCUT2D eigenvalue weighted by atomic mass is 10.0. The number of carbonyl (C=O) groups is 1. The van der Waals surface area contributed by atoms with Crippen molar-refractivity contribution in [2.45, 2.75) is 58.7 Å². The van der Waals surface area contributed by atoms with Crippen molar-refractivity contribution >= 4 is 28.7 Å². The molecule has 0 saturated carbocycles.